The fourth-order valence-electron chi connectivity index (χ4n) is 2.02. The lowest BCUT2D eigenvalue weighted by Crippen LogP contribution is -2.08. The van der Waals surface area contributed by atoms with Crippen LogP contribution in [-0.2, 0) is 6.42 Å². The van der Waals surface area contributed by atoms with Crippen LogP contribution in [-0.4, -0.2) is 18.6 Å². The molecule has 2 N–H and O–H groups in total. The van der Waals surface area contributed by atoms with Gasteiger partial charge in [0, 0.05) is 11.2 Å². The third-order valence-electron chi connectivity index (χ3n) is 2.75. The summed E-state index contributed by atoms with van der Waals surface area (Å²) in [6.45, 7) is 3.19. The molecule has 0 saturated heterocycles. The molecule has 0 atom stereocenters. The van der Waals surface area contributed by atoms with Gasteiger partial charge in [0.2, 0.25) is 0 Å². The van der Waals surface area contributed by atoms with E-state index in [-0.39, 0.29) is 0 Å². The molecule has 1 aromatic carbocycles. The summed E-state index contributed by atoms with van der Waals surface area (Å²) in [5.74, 6) is 0. The van der Waals surface area contributed by atoms with E-state index in [1.807, 2.05) is 7.05 Å². The lowest BCUT2D eigenvalue weighted by atomic mass is 10.1. The molecule has 0 fully saturated rings. The SMILES string of the molecule is CNCCCc1cccc2cc(C)[nH]c12. The summed E-state index contributed by atoms with van der Waals surface area (Å²) in [5.41, 5.74) is 3.98. The summed E-state index contributed by atoms with van der Waals surface area (Å²) in [4.78, 5) is 3.43. The third-order valence-corrected chi connectivity index (χ3v) is 2.75. The molecule has 0 radical (unpaired) electrons. The van der Waals surface area contributed by atoms with Gasteiger partial charge in [-0.05, 0) is 50.4 Å². The van der Waals surface area contributed by atoms with Crippen LogP contribution in [0.2, 0.25) is 0 Å². The predicted octanol–water partition coefficient (Wildman–Crippen LogP) is 2.63. The smallest absolute Gasteiger partial charge is 0.0488 e. The highest BCUT2D eigenvalue weighted by Crippen LogP contribution is 2.20. The number of aryl methyl sites for hydroxylation is 2. The molecule has 0 saturated carbocycles. The molecule has 0 aliphatic heterocycles. The van der Waals surface area contributed by atoms with E-state index in [2.05, 4.69) is 41.5 Å². The van der Waals surface area contributed by atoms with Gasteiger partial charge in [-0.1, -0.05) is 18.2 Å². The van der Waals surface area contributed by atoms with Crippen LogP contribution in [0, 0.1) is 6.92 Å². The van der Waals surface area contributed by atoms with Crippen LogP contribution < -0.4 is 5.32 Å². The molecular weight excluding hydrogens is 184 g/mol. The first-order chi connectivity index (χ1) is 7.31. The Bertz CT molecular complexity index is 443. The highest BCUT2D eigenvalue weighted by atomic mass is 14.8. The van der Waals surface area contributed by atoms with Crippen LogP contribution in [0.25, 0.3) is 10.9 Å². The molecule has 0 aliphatic rings. The van der Waals surface area contributed by atoms with Crippen LogP contribution in [0.5, 0.6) is 0 Å². The Morgan fingerprint density at radius 2 is 2.20 bits per heavy atom. The van der Waals surface area contributed by atoms with E-state index in [9.17, 15) is 0 Å². The van der Waals surface area contributed by atoms with Crippen molar-refractivity contribution < 1.29 is 0 Å². The number of fused-ring (bicyclic) bond motifs is 1. The largest absolute Gasteiger partial charge is 0.358 e. The van der Waals surface area contributed by atoms with E-state index in [0.717, 1.165) is 13.0 Å². The topological polar surface area (TPSA) is 27.8 Å². The minimum atomic E-state index is 1.08. The van der Waals surface area contributed by atoms with Gasteiger partial charge in [0.05, 0.1) is 0 Å². The van der Waals surface area contributed by atoms with Gasteiger partial charge in [0.1, 0.15) is 0 Å². The normalized spacial score (nSPS) is 11.1. The van der Waals surface area contributed by atoms with E-state index in [1.165, 1.54) is 28.6 Å². The van der Waals surface area contributed by atoms with Gasteiger partial charge in [-0.2, -0.15) is 0 Å². The van der Waals surface area contributed by atoms with Crippen molar-refractivity contribution in [1.82, 2.24) is 10.3 Å². The number of para-hydroxylation sites is 1. The number of aromatic nitrogens is 1. The molecule has 0 unspecified atom stereocenters. The number of H-pyrrole nitrogens is 1. The van der Waals surface area contributed by atoms with Gasteiger partial charge in [-0.3, -0.25) is 0 Å². The lowest BCUT2D eigenvalue weighted by Gasteiger charge is -2.02. The monoisotopic (exact) mass is 202 g/mol. The Hall–Kier alpha value is -1.28. The van der Waals surface area contributed by atoms with Gasteiger partial charge in [-0.15, -0.1) is 0 Å². The number of rotatable bonds is 4. The molecule has 2 aromatic rings. The Balaban J connectivity index is 2.25. The minimum absolute atomic E-state index is 1.08. The van der Waals surface area contributed by atoms with E-state index >= 15 is 0 Å². The molecule has 0 amide bonds. The zero-order valence-corrected chi connectivity index (χ0v) is 9.43. The van der Waals surface area contributed by atoms with Crippen molar-refractivity contribution in [2.75, 3.05) is 13.6 Å². The number of nitrogens with one attached hydrogen (secondary N) is 2. The Morgan fingerprint density at radius 3 is 3.00 bits per heavy atom. The zero-order chi connectivity index (χ0) is 10.7. The maximum absolute atomic E-state index is 3.43. The van der Waals surface area contributed by atoms with Crippen molar-refractivity contribution in [2.45, 2.75) is 19.8 Å². The fourth-order valence-corrected chi connectivity index (χ4v) is 2.02. The first-order valence-corrected chi connectivity index (χ1v) is 5.53. The Kier molecular flexibility index (Phi) is 3.07. The number of aromatic amines is 1. The van der Waals surface area contributed by atoms with Crippen LogP contribution in [0.4, 0.5) is 0 Å². The van der Waals surface area contributed by atoms with Gasteiger partial charge in [0.25, 0.3) is 0 Å². The van der Waals surface area contributed by atoms with Crippen molar-refractivity contribution in [3.8, 4) is 0 Å². The quantitative estimate of drug-likeness (QED) is 0.733. The highest BCUT2D eigenvalue weighted by molar-refractivity contribution is 5.83. The van der Waals surface area contributed by atoms with Gasteiger partial charge >= 0.3 is 0 Å². The Morgan fingerprint density at radius 1 is 1.33 bits per heavy atom. The van der Waals surface area contributed by atoms with E-state index in [4.69, 9.17) is 0 Å². The maximum atomic E-state index is 3.43. The summed E-state index contributed by atoms with van der Waals surface area (Å²) in [5, 5.41) is 4.51. The van der Waals surface area contributed by atoms with E-state index in [0.29, 0.717) is 0 Å². The summed E-state index contributed by atoms with van der Waals surface area (Å²) in [6.07, 6.45) is 2.33. The molecule has 1 heterocycles. The molecule has 15 heavy (non-hydrogen) atoms. The van der Waals surface area contributed by atoms with Crippen molar-refractivity contribution in [3.63, 3.8) is 0 Å². The van der Waals surface area contributed by atoms with Gasteiger partial charge in [0.15, 0.2) is 0 Å². The summed E-state index contributed by atoms with van der Waals surface area (Å²) >= 11 is 0. The molecule has 0 aliphatic carbocycles. The van der Waals surface area contributed by atoms with Crippen molar-refractivity contribution >= 4 is 10.9 Å². The summed E-state index contributed by atoms with van der Waals surface area (Å²) < 4.78 is 0. The maximum Gasteiger partial charge on any atom is 0.0488 e. The molecule has 2 nitrogen and oxygen atoms in total. The summed E-state index contributed by atoms with van der Waals surface area (Å²) in [7, 11) is 2.00. The molecule has 2 heteroatoms. The molecule has 80 valence electrons. The number of hydrogen-bond donors (Lipinski definition) is 2. The molecular formula is C13H18N2. The van der Waals surface area contributed by atoms with E-state index in [1.54, 1.807) is 0 Å². The predicted molar refractivity (Wildman–Crippen MR) is 65.3 cm³/mol. The second-order valence-corrected chi connectivity index (χ2v) is 4.04. The Labute approximate surface area is 90.7 Å². The van der Waals surface area contributed by atoms with Crippen LogP contribution in [0.1, 0.15) is 17.7 Å². The average molecular weight is 202 g/mol. The van der Waals surface area contributed by atoms with Crippen molar-refractivity contribution in [3.05, 3.63) is 35.5 Å². The second-order valence-electron chi connectivity index (χ2n) is 4.04. The molecule has 2 rings (SSSR count). The van der Waals surface area contributed by atoms with Crippen molar-refractivity contribution in [1.29, 1.82) is 0 Å². The highest BCUT2D eigenvalue weighted by Gasteiger charge is 2.02. The first kappa shape index (κ1) is 10.2. The molecule has 0 bridgehead atoms. The average Bonchev–Trinajstić information content (AvgIpc) is 2.59. The fraction of sp³-hybridized carbons (Fsp3) is 0.385. The minimum Gasteiger partial charge on any atom is -0.358 e. The molecule has 1 aromatic heterocycles. The third kappa shape index (κ3) is 2.21. The summed E-state index contributed by atoms with van der Waals surface area (Å²) in [6, 6.07) is 8.73. The van der Waals surface area contributed by atoms with Gasteiger partial charge < -0.3 is 10.3 Å². The van der Waals surface area contributed by atoms with Crippen LogP contribution >= 0.6 is 0 Å². The van der Waals surface area contributed by atoms with Crippen molar-refractivity contribution in [2.24, 2.45) is 0 Å². The number of benzene rings is 1. The number of hydrogen-bond acceptors (Lipinski definition) is 1. The van der Waals surface area contributed by atoms with E-state index < -0.39 is 0 Å². The lowest BCUT2D eigenvalue weighted by molar-refractivity contribution is 0.726. The van der Waals surface area contributed by atoms with Crippen LogP contribution in [0.3, 0.4) is 0 Å². The van der Waals surface area contributed by atoms with Crippen LogP contribution in [0.15, 0.2) is 24.3 Å². The standard InChI is InChI=1S/C13H18N2/c1-10-9-12-6-3-5-11(13(12)15-10)7-4-8-14-2/h3,5-6,9,14-15H,4,7-8H2,1-2H3. The second kappa shape index (κ2) is 4.49. The molecule has 0 spiro atoms. The van der Waals surface area contributed by atoms with Gasteiger partial charge in [-0.25, -0.2) is 0 Å². The zero-order valence-electron chi connectivity index (χ0n) is 9.43. The first-order valence-electron chi connectivity index (χ1n) is 5.53.